The summed E-state index contributed by atoms with van der Waals surface area (Å²) >= 11 is 0. The van der Waals surface area contributed by atoms with Gasteiger partial charge in [-0.05, 0) is 12.8 Å². The molecule has 17 heavy (non-hydrogen) atoms. The van der Waals surface area contributed by atoms with Gasteiger partial charge in [-0.1, -0.05) is 13.8 Å². The van der Waals surface area contributed by atoms with Crippen molar-refractivity contribution in [3.8, 4) is 5.75 Å². The highest BCUT2D eigenvalue weighted by Gasteiger charge is 2.33. The molecule has 0 saturated heterocycles. The molecule has 0 saturated carbocycles. The first kappa shape index (κ1) is 13.6. The van der Waals surface area contributed by atoms with Crippen molar-refractivity contribution in [1.82, 2.24) is 4.98 Å². The van der Waals surface area contributed by atoms with Crippen LogP contribution in [0.5, 0.6) is 5.75 Å². The van der Waals surface area contributed by atoms with Crippen LogP contribution in [0.25, 0.3) is 0 Å². The van der Waals surface area contributed by atoms with Crippen LogP contribution in [0.3, 0.4) is 0 Å². The van der Waals surface area contributed by atoms with E-state index in [1.165, 1.54) is 0 Å². The molecule has 0 spiro atoms. The molecule has 1 aromatic rings. The first-order chi connectivity index (χ1) is 7.71. The SMILES string of the molecule is CC(C)C(C)Oc1cc(C(F)(F)F)ncc1N. The van der Waals surface area contributed by atoms with Crippen molar-refractivity contribution in [2.75, 3.05) is 5.73 Å². The minimum atomic E-state index is -4.49. The molecule has 0 amide bonds. The summed E-state index contributed by atoms with van der Waals surface area (Å²) in [4.78, 5) is 3.23. The van der Waals surface area contributed by atoms with Gasteiger partial charge in [0.25, 0.3) is 0 Å². The monoisotopic (exact) mass is 248 g/mol. The number of ether oxygens (including phenoxy) is 1. The van der Waals surface area contributed by atoms with Crippen LogP contribution in [0.15, 0.2) is 12.3 Å². The number of pyridine rings is 1. The summed E-state index contributed by atoms with van der Waals surface area (Å²) in [5.74, 6) is 0.199. The Morgan fingerprint density at radius 1 is 1.29 bits per heavy atom. The molecule has 6 heteroatoms. The van der Waals surface area contributed by atoms with Gasteiger partial charge in [-0.25, -0.2) is 4.98 Å². The molecule has 0 aromatic carbocycles. The Balaban J connectivity index is 2.99. The average molecular weight is 248 g/mol. The number of hydrogen-bond donors (Lipinski definition) is 1. The summed E-state index contributed by atoms with van der Waals surface area (Å²) in [6.07, 6.45) is -3.75. The second-order valence-electron chi connectivity index (χ2n) is 4.17. The second-order valence-corrected chi connectivity index (χ2v) is 4.17. The third-order valence-corrected chi connectivity index (χ3v) is 2.44. The van der Waals surface area contributed by atoms with Gasteiger partial charge in [0.2, 0.25) is 0 Å². The minimum absolute atomic E-state index is 0.0218. The molecule has 0 aliphatic carbocycles. The fraction of sp³-hybridized carbons (Fsp3) is 0.545. The van der Waals surface area contributed by atoms with Crippen molar-refractivity contribution >= 4 is 5.69 Å². The third-order valence-electron chi connectivity index (χ3n) is 2.44. The average Bonchev–Trinajstić information content (AvgIpc) is 2.19. The zero-order chi connectivity index (χ0) is 13.2. The molecule has 96 valence electrons. The predicted molar refractivity (Wildman–Crippen MR) is 58.6 cm³/mol. The Labute approximate surface area is 97.8 Å². The fourth-order valence-electron chi connectivity index (χ4n) is 1.04. The molecule has 0 radical (unpaired) electrons. The number of halogens is 3. The number of anilines is 1. The maximum atomic E-state index is 12.4. The van der Waals surface area contributed by atoms with Crippen molar-refractivity contribution in [3.05, 3.63) is 18.0 Å². The summed E-state index contributed by atoms with van der Waals surface area (Å²) in [7, 11) is 0. The first-order valence-electron chi connectivity index (χ1n) is 5.21. The van der Waals surface area contributed by atoms with Crippen LogP contribution in [-0.4, -0.2) is 11.1 Å². The Bertz CT molecular complexity index is 391. The fourth-order valence-corrected chi connectivity index (χ4v) is 1.04. The van der Waals surface area contributed by atoms with Crippen LogP contribution in [0.1, 0.15) is 26.5 Å². The van der Waals surface area contributed by atoms with Gasteiger partial charge in [0.1, 0.15) is 11.4 Å². The molecule has 0 aliphatic rings. The Morgan fingerprint density at radius 2 is 1.88 bits per heavy atom. The molecular formula is C11H15F3N2O. The number of alkyl halides is 3. The van der Waals surface area contributed by atoms with Gasteiger partial charge in [0.15, 0.2) is 0 Å². The summed E-state index contributed by atoms with van der Waals surface area (Å²) < 4.78 is 42.7. The molecule has 3 nitrogen and oxygen atoms in total. The van der Waals surface area contributed by atoms with Crippen LogP contribution in [-0.2, 0) is 6.18 Å². The molecule has 1 aromatic heterocycles. The van der Waals surface area contributed by atoms with Crippen molar-refractivity contribution in [3.63, 3.8) is 0 Å². The number of hydrogen-bond acceptors (Lipinski definition) is 3. The highest BCUT2D eigenvalue weighted by Crippen LogP contribution is 2.32. The number of nitrogens with zero attached hydrogens (tertiary/aromatic N) is 1. The second kappa shape index (κ2) is 4.81. The van der Waals surface area contributed by atoms with Crippen LogP contribution < -0.4 is 10.5 Å². The Kier molecular flexibility index (Phi) is 3.85. The van der Waals surface area contributed by atoms with E-state index >= 15 is 0 Å². The van der Waals surface area contributed by atoms with Crippen LogP contribution in [0.4, 0.5) is 18.9 Å². The summed E-state index contributed by atoms with van der Waals surface area (Å²) in [5, 5.41) is 0. The maximum absolute atomic E-state index is 12.4. The Morgan fingerprint density at radius 3 is 2.35 bits per heavy atom. The lowest BCUT2D eigenvalue weighted by atomic mass is 10.1. The van der Waals surface area contributed by atoms with E-state index in [9.17, 15) is 13.2 Å². The van der Waals surface area contributed by atoms with Crippen molar-refractivity contribution in [2.24, 2.45) is 5.92 Å². The van der Waals surface area contributed by atoms with Gasteiger partial charge in [0.05, 0.1) is 18.0 Å². The summed E-state index contributed by atoms with van der Waals surface area (Å²) in [6, 6.07) is 0.828. The molecule has 1 rings (SSSR count). The number of nitrogen functional groups attached to an aromatic ring is 1. The molecule has 2 N–H and O–H groups in total. The zero-order valence-corrected chi connectivity index (χ0v) is 9.88. The van der Waals surface area contributed by atoms with E-state index < -0.39 is 11.9 Å². The largest absolute Gasteiger partial charge is 0.488 e. The van der Waals surface area contributed by atoms with Crippen molar-refractivity contribution in [2.45, 2.75) is 33.1 Å². The quantitative estimate of drug-likeness (QED) is 0.894. The molecule has 1 atom stereocenters. The van der Waals surface area contributed by atoms with Crippen molar-refractivity contribution in [1.29, 1.82) is 0 Å². The lowest BCUT2D eigenvalue weighted by molar-refractivity contribution is -0.141. The molecule has 1 unspecified atom stereocenters. The van der Waals surface area contributed by atoms with E-state index in [0.717, 1.165) is 12.3 Å². The van der Waals surface area contributed by atoms with E-state index in [1.807, 2.05) is 13.8 Å². The Hall–Kier alpha value is -1.46. The van der Waals surface area contributed by atoms with Crippen molar-refractivity contribution < 1.29 is 17.9 Å². The van der Waals surface area contributed by atoms with Gasteiger partial charge in [0, 0.05) is 6.07 Å². The molecular weight excluding hydrogens is 233 g/mol. The van der Waals surface area contributed by atoms with Crippen LogP contribution in [0.2, 0.25) is 0 Å². The smallest absolute Gasteiger partial charge is 0.433 e. The summed E-state index contributed by atoms with van der Waals surface area (Å²) in [6.45, 7) is 5.59. The summed E-state index contributed by atoms with van der Waals surface area (Å²) in [5.41, 5.74) is 4.63. The van der Waals surface area contributed by atoms with Gasteiger partial charge in [-0.15, -0.1) is 0 Å². The molecule has 0 aliphatic heterocycles. The number of nitrogens with two attached hydrogens (primary N) is 1. The van der Waals surface area contributed by atoms with Gasteiger partial charge in [-0.3, -0.25) is 0 Å². The maximum Gasteiger partial charge on any atom is 0.433 e. The highest BCUT2D eigenvalue weighted by molar-refractivity contribution is 5.51. The third kappa shape index (κ3) is 3.51. The first-order valence-corrected chi connectivity index (χ1v) is 5.21. The van der Waals surface area contributed by atoms with Gasteiger partial charge >= 0.3 is 6.18 Å². The number of rotatable bonds is 3. The zero-order valence-electron chi connectivity index (χ0n) is 9.88. The van der Waals surface area contributed by atoms with Gasteiger partial charge < -0.3 is 10.5 Å². The lowest BCUT2D eigenvalue weighted by Gasteiger charge is -2.19. The molecule has 0 fully saturated rings. The lowest BCUT2D eigenvalue weighted by Crippen LogP contribution is -2.20. The van der Waals surface area contributed by atoms with Crippen LogP contribution >= 0.6 is 0 Å². The highest BCUT2D eigenvalue weighted by atomic mass is 19.4. The topological polar surface area (TPSA) is 48.1 Å². The van der Waals surface area contributed by atoms with E-state index in [1.54, 1.807) is 6.92 Å². The van der Waals surface area contributed by atoms with E-state index in [4.69, 9.17) is 10.5 Å². The standard InChI is InChI=1S/C11H15F3N2O/c1-6(2)7(3)17-9-4-10(11(12,13)14)16-5-8(9)15/h4-7H,15H2,1-3H3. The normalized spacial score (nSPS) is 13.8. The van der Waals surface area contributed by atoms with E-state index in [2.05, 4.69) is 4.98 Å². The minimum Gasteiger partial charge on any atom is -0.488 e. The van der Waals surface area contributed by atoms with Crippen LogP contribution in [0, 0.1) is 5.92 Å². The number of aromatic nitrogens is 1. The van der Waals surface area contributed by atoms with Gasteiger partial charge in [-0.2, -0.15) is 13.2 Å². The molecule has 0 bridgehead atoms. The molecule has 1 heterocycles. The van der Waals surface area contributed by atoms with E-state index in [-0.39, 0.29) is 23.5 Å². The van der Waals surface area contributed by atoms with E-state index in [0.29, 0.717) is 0 Å². The predicted octanol–water partition coefficient (Wildman–Crippen LogP) is 3.11.